The average molecular weight is 431 g/mol. The molecule has 0 spiro atoms. The Hall–Kier alpha value is -2.58. The van der Waals surface area contributed by atoms with E-state index in [1.54, 1.807) is 42.0 Å². The number of ether oxygens (including phenoxy) is 2. The van der Waals surface area contributed by atoms with Crippen molar-refractivity contribution in [3.63, 3.8) is 0 Å². The maximum Gasteiger partial charge on any atom is 0.268 e. The summed E-state index contributed by atoms with van der Waals surface area (Å²) in [5.41, 5.74) is 2.72. The van der Waals surface area contributed by atoms with Crippen molar-refractivity contribution in [2.45, 2.75) is 18.8 Å². The number of amides is 1. The van der Waals surface area contributed by atoms with Crippen LogP contribution in [-0.2, 0) is 17.3 Å². The van der Waals surface area contributed by atoms with Crippen LogP contribution in [0.1, 0.15) is 33.5 Å². The number of methoxy groups -OCH3 is 1. The van der Waals surface area contributed by atoms with Gasteiger partial charge in [-0.3, -0.25) is 4.79 Å². The summed E-state index contributed by atoms with van der Waals surface area (Å²) in [6.07, 6.45) is -1.54. The minimum Gasteiger partial charge on any atom is -0.495 e. The molecule has 1 saturated heterocycles. The van der Waals surface area contributed by atoms with Crippen LogP contribution in [0.2, 0.25) is 5.02 Å². The lowest BCUT2D eigenvalue weighted by molar-refractivity contribution is -0.0739. The molecule has 8 heteroatoms. The molecule has 2 aromatic carbocycles. The Balaban J connectivity index is 1.69. The lowest BCUT2D eigenvalue weighted by Gasteiger charge is -2.43. The number of fused-ring (bicyclic) bond motifs is 1. The highest BCUT2D eigenvalue weighted by Gasteiger charge is 2.43. The van der Waals surface area contributed by atoms with Crippen molar-refractivity contribution >= 4 is 28.4 Å². The topological polar surface area (TPSA) is 93.0 Å². The molecule has 4 rings (SSSR count). The molecular weight excluding hydrogens is 408 g/mol. The van der Waals surface area contributed by atoms with E-state index in [-0.39, 0.29) is 5.91 Å². The summed E-state index contributed by atoms with van der Waals surface area (Å²) in [7, 11) is 3.36. The molecule has 1 amide bonds. The van der Waals surface area contributed by atoms with E-state index in [0.29, 0.717) is 35.2 Å². The molecule has 1 aliphatic rings. The third-order valence-corrected chi connectivity index (χ3v) is 6.08. The first kappa shape index (κ1) is 20.7. The first-order chi connectivity index (χ1) is 14.3. The third-order valence-electron chi connectivity index (χ3n) is 5.69. The van der Waals surface area contributed by atoms with Crippen molar-refractivity contribution in [2.24, 2.45) is 7.05 Å². The van der Waals surface area contributed by atoms with Gasteiger partial charge in [0.2, 0.25) is 0 Å². The van der Waals surface area contributed by atoms with Crippen molar-refractivity contribution < 1.29 is 24.5 Å². The maximum atomic E-state index is 13.2. The van der Waals surface area contributed by atoms with E-state index in [1.165, 1.54) is 0 Å². The fraction of sp³-hybridized carbons (Fsp3) is 0.318. The van der Waals surface area contributed by atoms with Crippen LogP contribution in [0.25, 0.3) is 10.9 Å². The van der Waals surface area contributed by atoms with E-state index in [9.17, 15) is 15.0 Å². The van der Waals surface area contributed by atoms with Crippen LogP contribution in [0.4, 0.5) is 0 Å². The second-order valence-corrected chi connectivity index (χ2v) is 7.96. The molecule has 1 aliphatic heterocycles. The van der Waals surface area contributed by atoms with Crippen molar-refractivity contribution in [1.29, 1.82) is 0 Å². The molecule has 30 heavy (non-hydrogen) atoms. The predicted octanol–water partition coefficient (Wildman–Crippen LogP) is 2.79. The van der Waals surface area contributed by atoms with E-state index in [1.807, 2.05) is 20.0 Å². The molecule has 3 N–H and O–H groups in total. The van der Waals surface area contributed by atoms with E-state index >= 15 is 0 Å². The van der Waals surface area contributed by atoms with Crippen LogP contribution in [0.3, 0.4) is 0 Å². The Morgan fingerprint density at radius 1 is 1.27 bits per heavy atom. The number of rotatable bonds is 5. The number of aliphatic hydroxyl groups excluding tert-OH is 1. The molecule has 1 aromatic heterocycles. The Labute approximate surface area is 178 Å². The second-order valence-electron chi connectivity index (χ2n) is 7.58. The normalized spacial score (nSPS) is 15.3. The number of nitrogens with zero attached hydrogens (tertiary/aromatic N) is 1. The molecule has 0 bridgehead atoms. The number of hydrogen-bond donors (Lipinski definition) is 3. The summed E-state index contributed by atoms with van der Waals surface area (Å²) in [5, 5.41) is 23.1. The van der Waals surface area contributed by atoms with Crippen molar-refractivity contribution in [2.75, 3.05) is 20.3 Å². The zero-order valence-electron chi connectivity index (χ0n) is 16.9. The van der Waals surface area contributed by atoms with Crippen molar-refractivity contribution in [1.82, 2.24) is 9.88 Å². The smallest absolute Gasteiger partial charge is 0.268 e. The summed E-state index contributed by atoms with van der Waals surface area (Å²) in [6, 6.07) is 10.5. The summed E-state index contributed by atoms with van der Waals surface area (Å²) < 4.78 is 12.5. The van der Waals surface area contributed by atoms with E-state index in [0.717, 1.165) is 22.0 Å². The fourth-order valence-corrected chi connectivity index (χ4v) is 4.29. The van der Waals surface area contributed by atoms with Crippen LogP contribution >= 0.6 is 11.6 Å². The van der Waals surface area contributed by atoms with Gasteiger partial charge in [-0.2, -0.15) is 0 Å². The fourth-order valence-electron chi connectivity index (χ4n) is 4.00. The van der Waals surface area contributed by atoms with Gasteiger partial charge in [-0.05, 0) is 36.2 Å². The largest absolute Gasteiger partial charge is 0.495 e. The van der Waals surface area contributed by atoms with Gasteiger partial charge < -0.3 is 29.6 Å². The van der Waals surface area contributed by atoms with Crippen molar-refractivity contribution in [3.8, 4) is 5.75 Å². The van der Waals surface area contributed by atoms with Gasteiger partial charge in [-0.15, -0.1) is 0 Å². The van der Waals surface area contributed by atoms with Gasteiger partial charge in [0, 0.05) is 18.0 Å². The van der Waals surface area contributed by atoms with Crippen LogP contribution in [-0.4, -0.2) is 41.0 Å². The third kappa shape index (κ3) is 3.24. The maximum absolute atomic E-state index is 13.2. The van der Waals surface area contributed by atoms with Crippen LogP contribution in [0.15, 0.2) is 36.4 Å². The molecular formula is C22H23ClN2O5. The second kappa shape index (κ2) is 7.59. The molecule has 1 fully saturated rings. The van der Waals surface area contributed by atoms with Gasteiger partial charge in [-0.25, -0.2) is 0 Å². The molecule has 0 atom stereocenters. The lowest BCUT2D eigenvalue weighted by atomic mass is 9.84. The number of carbonyl (C=O) groups is 1. The predicted molar refractivity (Wildman–Crippen MR) is 113 cm³/mol. The SMILES string of the molecule is COc1ccc2c(cc(C(=O)NC3(c4ccc(C(O)O)cc4C)COC3)n2C)c1Cl. The highest BCUT2D eigenvalue weighted by Crippen LogP contribution is 2.36. The van der Waals surface area contributed by atoms with E-state index in [2.05, 4.69) is 5.32 Å². The van der Waals surface area contributed by atoms with Crippen LogP contribution in [0.5, 0.6) is 5.75 Å². The first-order valence-electron chi connectivity index (χ1n) is 9.47. The van der Waals surface area contributed by atoms with Gasteiger partial charge in [0.05, 0.1) is 30.9 Å². The van der Waals surface area contributed by atoms with E-state index in [4.69, 9.17) is 21.1 Å². The Morgan fingerprint density at radius 2 is 2.00 bits per heavy atom. The zero-order chi connectivity index (χ0) is 21.6. The van der Waals surface area contributed by atoms with Crippen LogP contribution in [0, 0.1) is 6.92 Å². The number of aryl methyl sites for hydroxylation is 2. The number of carbonyl (C=O) groups excluding carboxylic acids is 1. The number of aliphatic hydroxyl groups is 2. The number of halogens is 1. The minimum absolute atomic E-state index is 0.252. The minimum atomic E-state index is -1.54. The molecule has 7 nitrogen and oxygen atoms in total. The molecule has 0 radical (unpaired) electrons. The molecule has 0 aliphatic carbocycles. The van der Waals surface area contributed by atoms with Gasteiger partial charge in [0.15, 0.2) is 6.29 Å². The Kier molecular flexibility index (Phi) is 5.23. The lowest BCUT2D eigenvalue weighted by Crippen LogP contribution is -2.59. The number of hydrogen-bond acceptors (Lipinski definition) is 5. The molecule has 0 unspecified atom stereocenters. The van der Waals surface area contributed by atoms with Gasteiger partial charge in [-0.1, -0.05) is 29.8 Å². The first-order valence-corrected chi connectivity index (χ1v) is 9.84. The van der Waals surface area contributed by atoms with Gasteiger partial charge in [0.25, 0.3) is 5.91 Å². The standard InChI is InChI=1S/C22H23ClN2O5/c1-12-8-13(21(27)28)4-5-15(12)22(10-30-11-22)24-20(26)17-9-14-16(25(17)2)6-7-18(29-3)19(14)23/h4-9,21,27-28H,10-11H2,1-3H3,(H,24,26). The number of nitrogens with one attached hydrogen (secondary N) is 1. The summed E-state index contributed by atoms with van der Waals surface area (Å²) in [6.45, 7) is 2.54. The van der Waals surface area contributed by atoms with Gasteiger partial charge >= 0.3 is 0 Å². The van der Waals surface area contributed by atoms with Gasteiger partial charge in [0.1, 0.15) is 17.0 Å². The quantitative estimate of drug-likeness (QED) is 0.541. The molecule has 158 valence electrons. The Bertz CT molecular complexity index is 1130. The summed E-state index contributed by atoms with van der Waals surface area (Å²) >= 11 is 6.43. The number of benzene rings is 2. The molecule has 3 aromatic rings. The molecule has 0 saturated carbocycles. The highest BCUT2D eigenvalue weighted by atomic mass is 35.5. The van der Waals surface area contributed by atoms with Crippen molar-refractivity contribution in [3.05, 3.63) is 63.8 Å². The zero-order valence-corrected chi connectivity index (χ0v) is 17.7. The van der Waals surface area contributed by atoms with E-state index < -0.39 is 11.8 Å². The Morgan fingerprint density at radius 3 is 2.57 bits per heavy atom. The number of aromatic nitrogens is 1. The highest BCUT2D eigenvalue weighted by molar-refractivity contribution is 6.37. The molecule has 2 heterocycles. The summed E-state index contributed by atoms with van der Waals surface area (Å²) in [4.78, 5) is 13.2. The average Bonchev–Trinajstić information content (AvgIpc) is 3.03. The monoisotopic (exact) mass is 430 g/mol. The van der Waals surface area contributed by atoms with Crippen LogP contribution < -0.4 is 10.1 Å². The summed E-state index contributed by atoms with van der Waals surface area (Å²) in [5.74, 6) is 0.296.